The minimum absolute atomic E-state index is 0.0670. The van der Waals surface area contributed by atoms with Gasteiger partial charge in [-0.2, -0.15) is 5.10 Å². The fraction of sp³-hybridized carbons (Fsp3) is 0.474. The summed E-state index contributed by atoms with van der Waals surface area (Å²) in [5.41, 5.74) is 2.30. The van der Waals surface area contributed by atoms with E-state index in [0.717, 1.165) is 12.0 Å². The molecule has 0 bridgehead atoms. The molecule has 0 aliphatic heterocycles. The fourth-order valence-corrected chi connectivity index (χ4v) is 3.38. The first kappa shape index (κ1) is 16.6. The van der Waals surface area contributed by atoms with Gasteiger partial charge in [-0.05, 0) is 36.0 Å². The van der Waals surface area contributed by atoms with Crippen molar-refractivity contribution in [2.24, 2.45) is 5.92 Å². The van der Waals surface area contributed by atoms with Gasteiger partial charge in [-0.3, -0.25) is 4.68 Å². The van der Waals surface area contributed by atoms with Crippen LogP contribution >= 0.6 is 0 Å². The number of hydrogen-bond acceptors (Lipinski definition) is 2. The molecule has 2 N–H and O–H groups in total. The number of benzene rings is 1. The lowest BCUT2D eigenvalue weighted by atomic mass is 9.86. The van der Waals surface area contributed by atoms with E-state index in [-0.39, 0.29) is 6.03 Å². The van der Waals surface area contributed by atoms with Crippen LogP contribution < -0.4 is 10.6 Å². The number of hydrogen-bond donors (Lipinski definition) is 2. The lowest BCUT2D eigenvalue weighted by Crippen LogP contribution is -2.45. The topological polar surface area (TPSA) is 59.0 Å². The highest BCUT2D eigenvalue weighted by molar-refractivity contribution is 5.74. The SMILES string of the molecule is CC1CCCCC1NC(=O)NCc1ccccc1Cn1cccn1. The number of rotatable bonds is 5. The van der Waals surface area contributed by atoms with Crippen molar-refractivity contribution in [3.8, 4) is 0 Å². The lowest BCUT2D eigenvalue weighted by molar-refractivity contribution is 0.221. The van der Waals surface area contributed by atoms with Gasteiger partial charge in [-0.25, -0.2) is 4.79 Å². The van der Waals surface area contributed by atoms with E-state index < -0.39 is 0 Å². The second-order valence-electron chi connectivity index (χ2n) is 6.67. The Bertz CT molecular complexity index is 653. The summed E-state index contributed by atoms with van der Waals surface area (Å²) in [6, 6.07) is 10.3. The molecular formula is C19H26N4O. The summed E-state index contributed by atoms with van der Waals surface area (Å²) < 4.78 is 1.89. The Morgan fingerprint density at radius 2 is 2.00 bits per heavy atom. The van der Waals surface area contributed by atoms with Gasteiger partial charge >= 0.3 is 6.03 Å². The molecule has 1 aliphatic rings. The Balaban J connectivity index is 1.55. The molecule has 0 spiro atoms. The van der Waals surface area contributed by atoms with E-state index in [1.807, 2.05) is 29.1 Å². The summed E-state index contributed by atoms with van der Waals surface area (Å²) in [7, 11) is 0. The van der Waals surface area contributed by atoms with Crippen molar-refractivity contribution in [1.82, 2.24) is 20.4 Å². The second kappa shape index (κ2) is 7.99. The molecular weight excluding hydrogens is 300 g/mol. The van der Waals surface area contributed by atoms with E-state index in [1.165, 1.54) is 24.8 Å². The molecule has 1 heterocycles. The highest BCUT2D eigenvalue weighted by Gasteiger charge is 2.22. The third kappa shape index (κ3) is 4.37. The summed E-state index contributed by atoms with van der Waals surface area (Å²) in [5, 5.41) is 10.4. The van der Waals surface area contributed by atoms with Gasteiger partial charge in [0.25, 0.3) is 0 Å². The minimum atomic E-state index is -0.0670. The van der Waals surface area contributed by atoms with Crippen molar-refractivity contribution in [2.75, 3.05) is 0 Å². The van der Waals surface area contributed by atoms with E-state index in [4.69, 9.17) is 0 Å². The van der Waals surface area contributed by atoms with Crippen LogP contribution in [0.1, 0.15) is 43.7 Å². The molecule has 1 saturated carbocycles. The number of carbonyl (C=O) groups is 1. The van der Waals surface area contributed by atoms with E-state index in [1.54, 1.807) is 6.20 Å². The lowest BCUT2D eigenvalue weighted by Gasteiger charge is -2.29. The fourth-order valence-electron chi connectivity index (χ4n) is 3.38. The van der Waals surface area contributed by atoms with Crippen LogP contribution in [0.4, 0.5) is 4.79 Å². The maximum atomic E-state index is 12.2. The molecule has 5 heteroatoms. The maximum absolute atomic E-state index is 12.2. The number of amides is 2. The van der Waals surface area contributed by atoms with E-state index in [0.29, 0.717) is 25.0 Å². The Morgan fingerprint density at radius 1 is 1.21 bits per heavy atom. The van der Waals surface area contributed by atoms with Crippen LogP contribution in [0.5, 0.6) is 0 Å². The van der Waals surface area contributed by atoms with Crippen molar-refractivity contribution in [3.63, 3.8) is 0 Å². The number of carbonyl (C=O) groups excluding carboxylic acids is 1. The normalized spacial score (nSPS) is 20.5. The minimum Gasteiger partial charge on any atom is -0.335 e. The quantitative estimate of drug-likeness (QED) is 0.885. The van der Waals surface area contributed by atoms with E-state index >= 15 is 0 Å². The molecule has 2 aromatic rings. The summed E-state index contributed by atoms with van der Waals surface area (Å²) >= 11 is 0. The molecule has 2 atom stereocenters. The Labute approximate surface area is 143 Å². The van der Waals surface area contributed by atoms with Crippen LogP contribution in [0.3, 0.4) is 0 Å². The highest BCUT2D eigenvalue weighted by atomic mass is 16.2. The van der Waals surface area contributed by atoms with E-state index in [9.17, 15) is 4.79 Å². The van der Waals surface area contributed by atoms with Crippen LogP contribution in [0.25, 0.3) is 0 Å². The van der Waals surface area contributed by atoms with Gasteiger partial charge in [0.2, 0.25) is 0 Å². The molecule has 0 radical (unpaired) electrons. The predicted molar refractivity (Wildman–Crippen MR) is 94.6 cm³/mol. The van der Waals surface area contributed by atoms with Crippen molar-refractivity contribution >= 4 is 6.03 Å². The summed E-state index contributed by atoms with van der Waals surface area (Å²) in [5.74, 6) is 0.566. The van der Waals surface area contributed by atoms with Crippen LogP contribution in [0, 0.1) is 5.92 Å². The van der Waals surface area contributed by atoms with Gasteiger partial charge in [-0.1, -0.05) is 44.0 Å². The van der Waals surface area contributed by atoms with Crippen molar-refractivity contribution in [2.45, 2.75) is 51.7 Å². The molecule has 1 aromatic carbocycles. The first-order chi connectivity index (χ1) is 11.7. The van der Waals surface area contributed by atoms with Gasteiger partial charge in [0.05, 0.1) is 6.54 Å². The Morgan fingerprint density at radius 3 is 2.75 bits per heavy atom. The largest absolute Gasteiger partial charge is 0.335 e. The molecule has 24 heavy (non-hydrogen) atoms. The van der Waals surface area contributed by atoms with Crippen LogP contribution in [0.2, 0.25) is 0 Å². The third-order valence-corrected chi connectivity index (χ3v) is 4.88. The van der Waals surface area contributed by atoms with Gasteiger partial charge < -0.3 is 10.6 Å². The zero-order valence-corrected chi connectivity index (χ0v) is 14.2. The van der Waals surface area contributed by atoms with Gasteiger partial charge in [0, 0.05) is 25.0 Å². The monoisotopic (exact) mass is 326 g/mol. The zero-order valence-electron chi connectivity index (χ0n) is 14.2. The average molecular weight is 326 g/mol. The van der Waals surface area contributed by atoms with Crippen molar-refractivity contribution in [1.29, 1.82) is 0 Å². The molecule has 1 aromatic heterocycles. The second-order valence-corrected chi connectivity index (χ2v) is 6.67. The Hall–Kier alpha value is -2.30. The summed E-state index contributed by atoms with van der Waals surface area (Å²) in [6.45, 7) is 3.47. The maximum Gasteiger partial charge on any atom is 0.315 e. The van der Waals surface area contributed by atoms with Crippen molar-refractivity contribution in [3.05, 3.63) is 53.9 Å². The number of nitrogens with zero attached hydrogens (tertiary/aromatic N) is 2. The number of aromatic nitrogens is 2. The van der Waals surface area contributed by atoms with Crippen molar-refractivity contribution < 1.29 is 4.79 Å². The zero-order chi connectivity index (χ0) is 16.8. The van der Waals surface area contributed by atoms with Crippen LogP contribution in [0.15, 0.2) is 42.7 Å². The van der Waals surface area contributed by atoms with Crippen LogP contribution in [-0.4, -0.2) is 21.9 Å². The van der Waals surface area contributed by atoms with Gasteiger partial charge in [-0.15, -0.1) is 0 Å². The van der Waals surface area contributed by atoms with Gasteiger partial charge in [0.15, 0.2) is 0 Å². The molecule has 0 saturated heterocycles. The van der Waals surface area contributed by atoms with Crippen LogP contribution in [-0.2, 0) is 13.1 Å². The molecule has 3 rings (SSSR count). The molecule has 2 unspecified atom stereocenters. The molecule has 128 valence electrons. The number of nitrogens with one attached hydrogen (secondary N) is 2. The molecule has 5 nitrogen and oxygen atoms in total. The first-order valence-corrected chi connectivity index (χ1v) is 8.81. The van der Waals surface area contributed by atoms with Gasteiger partial charge in [0.1, 0.15) is 0 Å². The first-order valence-electron chi connectivity index (χ1n) is 8.81. The Kier molecular flexibility index (Phi) is 5.51. The molecule has 1 fully saturated rings. The smallest absolute Gasteiger partial charge is 0.315 e. The third-order valence-electron chi connectivity index (χ3n) is 4.88. The summed E-state index contributed by atoms with van der Waals surface area (Å²) in [4.78, 5) is 12.2. The predicted octanol–water partition coefficient (Wildman–Crippen LogP) is 3.31. The standard InChI is InChI=1S/C19H26N4O/c1-15-7-2-5-10-18(15)22-19(24)20-13-16-8-3-4-9-17(16)14-23-12-6-11-21-23/h3-4,6,8-9,11-12,15,18H,2,5,7,10,13-14H2,1H3,(H2,20,22,24). The highest BCUT2D eigenvalue weighted by Crippen LogP contribution is 2.23. The van der Waals surface area contributed by atoms with E-state index in [2.05, 4.69) is 34.8 Å². The molecule has 2 amide bonds. The average Bonchev–Trinajstić information content (AvgIpc) is 3.09. The number of urea groups is 1. The summed E-state index contributed by atoms with van der Waals surface area (Å²) in [6.07, 6.45) is 8.51. The molecule has 1 aliphatic carbocycles.